The summed E-state index contributed by atoms with van der Waals surface area (Å²) in [5.41, 5.74) is 11.0. The molecule has 0 unspecified atom stereocenters. The zero-order valence-electron chi connectivity index (χ0n) is 27.2. The summed E-state index contributed by atoms with van der Waals surface area (Å²) >= 11 is 0. The van der Waals surface area contributed by atoms with E-state index in [0.717, 1.165) is 72.5 Å². The van der Waals surface area contributed by atoms with Crippen molar-refractivity contribution < 1.29 is 9.59 Å². The highest BCUT2D eigenvalue weighted by Crippen LogP contribution is 2.38. The minimum Gasteiger partial charge on any atom is -0.338 e. The van der Waals surface area contributed by atoms with Gasteiger partial charge in [-0.3, -0.25) is 24.3 Å². The molecule has 3 N–H and O–H groups in total. The first-order chi connectivity index (χ1) is 22.8. The van der Waals surface area contributed by atoms with Crippen LogP contribution in [-0.4, -0.2) is 55.8 Å². The molecule has 1 aliphatic carbocycles. The van der Waals surface area contributed by atoms with Crippen molar-refractivity contribution in [2.24, 2.45) is 7.05 Å². The van der Waals surface area contributed by atoms with E-state index in [0.29, 0.717) is 11.4 Å². The molecule has 2 atom stereocenters. The molecule has 9 heteroatoms. The van der Waals surface area contributed by atoms with Gasteiger partial charge in [-0.1, -0.05) is 48.5 Å². The van der Waals surface area contributed by atoms with E-state index in [1.165, 1.54) is 27.8 Å². The third-order valence-corrected chi connectivity index (χ3v) is 9.72. The molecule has 9 nitrogen and oxygen atoms in total. The highest BCUT2D eigenvalue weighted by Gasteiger charge is 2.35. The first-order valence-electron chi connectivity index (χ1n) is 16.5. The summed E-state index contributed by atoms with van der Waals surface area (Å²) in [6, 6.07) is 24.1. The quantitative estimate of drug-likeness (QED) is 0.182. The number of likely N-dealkylation sites (tertiary alicyclic amines) is 1. The summed E-state index contributed by atoms with van der Waals surface area (Å²) in [6.07, 6.45) is 5.53. The summed E-state index contributed by atoms with van der Waals surface area (Å²) in [6.45, 7) is 7.25. The molecule has 0 spiro atoms. The molecule has 1 aliphatic heterocycles. The number of carbonyl (C=O) groups is 2. The lowest BCUT2D eigenvalue weighted by Gasteiger charge is -2.33. The number of hydrogen-bond acceptors (Lipinski definition) is 5. The third-order valence-electron chi connectivity index (χ3n) is 9.72. The molecule has 5 aromatic rings. The second kappa shape index (κ2) is 13.0. The Morgan fingerprint density at radius 1 is 0.957 bits per heavy atom. The number of H-pyrrole nitrogens is 1. The van der Waals surface area contributed by atoms with Crippen molar-refractivity contribution in [3.05, 3.63) is 113 Å². The minimum atomic E-state index is -0.789. The number of nitrogens with zero attached hydrogens (tertiary/aromatic N) is 4. The van der Waals surface area contributed by atoms with Crippen LogP contribution < -0.4 is 10.6 Å². The molecule has 1 fully saturated rings. The van der Waals surface area contributed by atoms with Gasteiger partial charge in [0.05, 0.1) is 5.69 Å². The van der Waals surface area contributed by atoms with Gasteiger partial charge in [-0.05, 0) is 110 Å². The van der Waals surface area contributed by atoms with E-state index in [-0.39, 0.29) is 17.7 Å². The zero-order valence-corrected chi connectivity index (χ0v) is 27.2. The summed E-state index contributed by atoms with van der Waals surface area (Å²) < 4.78 is 1.53. The Morgan fingerprint density at radius 3 is 2.45 bits per heavy atom. The normalized spacial score (nSPS) is 16.6. The summed E-state index contributed by atoms with van der Waals surface area (Å²) in [5.74, 6) is -0.771. The number of aryl methyl sites for hydroxylation is 4. The van der Waals surface area contributed by atoms with Crippen LogP contribution in [0.1, 0.15) is 63.7 Å². The fourth-order valence-electron chi connectivity index (χ4n) is 7.09. The Balaban J connectivity index is 1.19. The Morgan fingerprint density at radius 2 is 1.74 bits per heavy atom. The lowest BCUT2D eigenvalue weighted by atomic mass is 9.77. The van der Waals surface area contributed by atoms with Crippen LogP contribution in [0.25, 0.3) is 22.3 Å². The Hall–Kier alpha value is -5.02. The van der Waals surface area contributed by atoms with E-state index in [1.54, 1.807) is 19.3 Å². The Labute approximate surface area is 275 Å². The smallest absolute Gasteiger partial charge is 0.270 e. The van der Waals surface area contributed by atoms with Crippen LogP contribution in [-0.2, 0) is 24.8 Å². The summed E-state index contributed by atoms with van der Waals surface area (Å²) in [7, 11) is 1.73. The number of fused-ring (bicyclic) bond motifs is 1. The monoisotopic (exact) mass is 627 g/mol. The number of benzene rings is 3. The van der Waals surface area contributed by atoms with Crippen molar-refractivity contribution in [2.75, 3.05) is 18.4 Å². The van der Waals surface area contributed by atoms with Gasteiger partial charge >= 0.3 is 0 Å². The maximum absolute atomic E-state index is 14.2. The molecule has 3 aromatic carbocycles. The first-order valence-corrected chi connectivity index (χ1v) is 16.5. The van der Waals surface area contributed by atoms with E-state index in [2.05, 4.69) is 73.3 Å². The molecular formula is C38H41N7O2. The summed E-state index contributed by atoms with van der Waals surface area (Å²) in [5, 5.41) is 17.8. The average Bonchev–Trinajstić information content (AvgIpc) is 3.65. The Bertz CT molecular complexity index is 1900. The van der Waals surface area contributed by atoms with Gasteiger partial charge in [-0.2, -0.15) is 10.2 Å². The van der Waals surface area contributed by atoms with Crippen molar-refractivity contribution in [3.8, 4) is 22.3 Å². The van der Waals surface area contributed by atoms with E-state index < -0.39 is 6.04 Å². The van der Waals surface area contributed by atoms with Gasteiger partial charge in [-0.15, -0.1) is 0 Å². The zero-order chi connectivity index (χ0) is 32.5. The largest absolute Gasteiger partial charge is 0.338 e. The van der Waals surface area contributed by atoms with Gasteiger partial charge in [0.2, 0.25) is 5.91 Å². The van der Waals surface area contributed by atoms with Crippen molar-refractivity contribution in [2.45, 2.75) is 58.0 Å². The Kier molecular flexibility index (Phi) is 8.47. The number of nitrogens with one attached hydrogen (secondary N) is 3. The molecule has 240 valence electrons. The lowest BCUT2D eigenvalue weighted by molar-refractivity contribution is -0.118. The van der Waals surface area contributed by atoms with Crippen LogP contribution in [0.15, 0.2) is 79.0 Å². The average molecular weight is 628 g/mol. The van der Waals surface area contributed by atoms with E-state index in [1.807, 2.05) is 38.1 Å². The molecule has 1 saturated heterocycles. The molecule has 2 amide bonds. The molecule has 0 saturated carbocycles. The van der Waals surface area contributed by atoms with E-state index >= 15 is 0 Å². The van der Waals surface area contributed by atoms with Crippen LogP contribution in [0, 0.1) is 13.8 Å². The van der Waals surface area contributed by atoms with Crippen LogP contribution in [0.4, 0.5) is 5.69 Å². The maximum Gasteiger partial charge on any atom is 0.270 e. The SMILES string of the molecule is Cc1n[nH]c(C)c1-c1ccc(NC(=O)[C@@H](NC(=O)c2ccnn2C)[C@@H]2CCCc3ccc(-c4cccc(CN5CCC5)c4)cc32)cc1. The van der Waals surface area contributed by atoms with Crippen LogP contribution in [0.5, 0.6) is 0 Å². The van der Waals surface area contributed by atoms with Gasteiger partial charge in [0, 0.05) is 42.7 Å². The molecular weight excluding hydrogens is 586 g/mol. The fourth-order valence-corrected chi connectivity index (χ4v) is 7.09. The second-order valence-corrected chi connectivity index (χ2v) is 12.9. The number of rotatable bonds is 9. The number of carbonyl (C=O) groups excluding carboxylic acids is 2. The van der Waals surface area contributed by atoms with Gasteiger partial charge in [-0.25, -0.2) is 0 Å². The van der Waals surface area contributed by atoms with Crippen molar-refractivity contribution >= 4 is 17.5 Å². The number of hydrogen-bond donors (Lipinski definition) is 3. The molecule has 47 heavy (non-hydrogen) atoms. The van der Waals surface area contributed by atoms with Crippen molar-refractivity contribution in [1.82, 2.24) is 30.2 Å². The fraction of sp³-hybridized carbons (Fsp3) is 0.316. The van der Waals surface area contributed by atoms with E-state index in [4.69, 9.17) is 0 Å². The first kappa shape index (κ1) is 30.6. The molecule has 2 aliphatic rings. The minimum absolute atomic E-state index is 0.198. The van der Waals surface area contributed by atoms with Crippen LogP contribution in [0.3, 0.4) is 0 Å². The number of aromatic amines is 1. The van der Waals surface area contributed by atoms with Crippen molar-refractivity contribution in [1.29, 1.82) is 0 Å². The highest BCUT2D eigenvalue weighted by molar-refractivity contribution is 6.01. The summed E-state index contributed by atoms with van der Waals surface area (Å²) in [4.78, 5) is 30.2. The van der Waals surface area contributed by atoms with E-state index in [9.17, 15) is 9.59 Å². The van der Waals surface area contributed by atoms with Gasteiger partial charge in [0.1, 0.15) is 11.7 Å². The van der Waals surface area contributed by atoms with Crippen molar-refractivity contribution in [3.63, 3.8) is 0 Å². The highest BCUT2D eigenvalue weighted by atomic mass is 16.2. The lowest BCUT2D eigenvalue weighted by Crippen LogP contribution is -2.48. The van der Waals surface area contributed by atoms with Crippen LogP contribution in [0.2, 0.25) is 0 Å². The topological polar surface area (TPSA) is 108 Å². The molecule has 3 heterocycles. The maximum atomic E-state index is 14.2. The molecule has 7 rings (SSSR count). The standard InChI is InChI=1S/C38H41N7O2/c1-24-35(25(2)43-42-24)28-13-15-31(16-14-28)40-38(47)36(41-37(46)34-17-18-39-44(34)3)32-10-5-8-27-11-12-30(22-33(27)32)29-9-4-7-26(21-29)23-45-19-6-20-45/h4,7,9,11-18,21-22,32,36H,5-6,8,10,19-20,23H2,1-3H3,(H,40,47)(H,41,46)(H,42,43)/t32-,36+/m1/s1. The third kappa shape index (κ3) is 6.36. The number of aromatic nitrogens is 4. The predicted molar refractivity (Wildman–Crippen MR) is 184 cm³/mol. The van der Waals surface area contributed by atoms with Gasteiger partial charge in [0.15, 0.2) is 0 Å². The van der Waals surface area contributed by atoms with Gasteiger partial charge in [0.25, 0.3) is 5.91 Å². The van der Waals surface area contributed by atoms with Crippen LogP contribution >= 0.6 is 0 Å². The second-order valence-electron chi connectivity index (χ2n) is 12.9. The predicted octanol–water partition coefficient (Wildman–Crippen LogP) is 6.16. The van der Waals surface area contributed by atoms with Gasteiger partial charge < -0.3 is 10.6 Å². The molecule has 2 aromatic heterocycles. The molecule has 0 radical (unpaired) electrons. The number of amides is 2. The number of anilines is 1. The molecule has 0 bridgehead atoms.